The minimum absolute atomic E-state index is 0.177. The van der Waals surface area contributed by atoms with Crippen LogP contribution in [0.2, 0.25) is 0 Å². The van der Waals surface area contributed by atoms with Crippen LogP contribution >= 0.6 is 11.3 Å². The molecular weight excluding hydrogens is 332 g/mol. The van der Waals surface area contributed by atoms with E-state index in [9.17, 15) is 9.59 Å². The summed E-state index contributed by atoms with van der Waals surface area (Å²) in [6.45, 7) is 0. The molecule has 0 aliphatic rings. The lowest BCUT2D eigenvalue weighted by Gasteiger charge is -2.07. The minimum Gasteiger partial charge on any atom is -0.497 e. The maximum Gasteiger partial charge on any atom is 0.309 e. The van der Waals surface area contributed by atoms with Crippen LogP contribution in [-0.2, 0) is 16.0 Å². The standard InChI is InChI=1S/C16H16N2O5S/c1-22-12-4-5-13(23-2)10(7-12)3-6-14(19)18-16-17-11(9-24-16)8-15(20)21/h3-7,9H,8H2,1-2H3,(H,20,21)(H,17,18,19)/b6-3+. The molecule has 7 nitrogen and oxygen atoms in total. The summed E-state index contributed by atoms with van der Waals surface area (Å²) in [4.78, 5) is 26.6. The van der Waals surface area contributed by atoms with E-state index in [1.54, 1.807) is 43.9 Å². The van der Waals surface area contributed by atoms with E-state index < -0.39 is 5.97 Å². The molecular formula is C16H16N2O5S. The number of aromatic nitrogens is 1. The van der Waals surface area contributed by atoms with E-state index in [0.717, 1.165) is 0 Å². The van der Waals surface area contributed by atoms with Crippen LogP contribution in [0.3, 0.4) is 0 Å². The van der Waals surface area contributed by atoms with Crippen LogP contribution in [0, 0.1) is 0 Å². The number of benzene rings is 1. The molecule has 1 aromatic carbocycles. The molecule has 24 heavy (non-hydrogen) atoms. The highest BCUT2D eigenvalue weighted by atomic mass is 32.1. The van der Waals surface area contributed by atoms with Gasteiger partial charge in [0.15, 0.2) is 5.13 Å². The van der Waals surface area contributed by atoms with Crippen molar-refractivity contribution in [2.24, 2.45) is 0 Å². The Kier molecular flexibility index (Phi) is 5.91. The van der Waals surface area contributed by atoms with Crippen LogP contribution in [-0.4, -0.2) is 36.2 Å². The van der Waals surface area contributed by atoms with Crippen molar-refractivity contribution in [1.29, 1.82) is 0 Å². The molecule has 126 valence electrons. The number of carbonyl (C=O) groups excluding carboxylic acids is 1. The predicted molar refractivity (Wildman–Crippen MR) is 90.7 cm³/mol. The minimum atomic E-state index is -0.969. The molecule has 0 saturated heterocycles. The van der Waals surface area contributed by atoms with Gasteiger partial charge in [0.1, 0.15) is 11.5 Å². The van der Waals surface area contributed by atoms with Crippen molar-refractivity contribution in [1.82, 2.24) is 4.98 Å². The van der Waals surface area contributed by atoms with Crippen molar-refractivity contribution in [2.45, 2.75) is 6.42 Å². The maximum atomic E-state index is 12.0. The number of carbonyl (C=O) groups is 2. The van der Waals surface area contributed by atoms with Gasteiger partial charge in [-0.05, 0) is 24.3 Å². The Hall–Kier alpha value is -2.87. The molecule has 0 unspecified atom stereocenters. The zero-order valence-corrected chi connectivity index (χ0v) is 13.9. The van der Waals surface area contributed by atoms with Gasteiger partial charge in [0.25, 0.3) is 0 Å². The highest BCUT2D eigenvalue weighted by molar-refractivity contribution is 7.14. The molecule has 0 atom stereocenters. The summed E-state index contributed by atoms with van der Waals surface area (Å²) < 4.78 is 10.4. The van der Waals surface area contributed by atoms with Crippen LogP contribution in [0.25, 0.3) is 6.08 Å². The Morgan fingerprint density at radius 2 is 2.12 bits per heavy atom. The first-order valence-corrected chi connectivity index (χ1v) is 7.77. The van der Waals surface area contributed by atoms with Gasteiger partial charge < -0.3 is 14.6 Å². The van der Waals surface area contributed by atoms with Gasteiger partial charge in [-0.25, -0.2) is 4.98 Å². The number of rotatable bonds is 7. The highest BCUT2D eigenvalue weighted by Gasteiger charge is 2.08. The van der Waals surface area contributed by atoms with Gasteiger partial charge in [-0.15, -0.1) is 11.3 Å². The van der Waals surface area contributed by atoms with Gasteiger partial charge in [0.2, 0.25) is 5.91 Å². The van der Waals surface area contributed by atoms with E-state index in [1.165, 1.54) is 17.4 Å². The Labute approximate surface area is 142 Å². The zero-order chi connectivity index (χ0) is 17.5. The normalized spacial score (nSPS) is 10.6. The van der Waals surface area contributed by atoms with E-state index in [-0.39, 0.29) is 12.3 Å². The fourth-order valence-electron chi connectivity index (χ4n) is 1.88. The number of ether oxygens (including phenoxy) is 2. The van der Waals surface area contributed by atoms with Crippen LogP contribution < -0.4 is 14.8 Å². The van der Waals surface area contributed by atoms with Crippen molar-refractivity contribution < 1.29 is 24.2 Å². The number of carboxylic acids is 1. The predicted octanol–water partition coefficient (Wildman–Crippen LogP) is 2.44. The average molecular weight is 348 g/mol. The number of carboxylic acid groups (broad SMARTS) is 1. The second-order valence-corrected chi connectivity index (χ2v) is 5.50. The molecule has 1 amide bonds. The number of aliphatic carboxylic acids is 1. The average Bonchev–Trinajstić information content (AvgIpc) is 2.98. The van der Waals surface area contributed by atoms with E-state index in [4.69, 9.17) is 14.6 Å². The van der Waals surface area contributed by atoms with Crippen molar-refractivity contribution in [3.05, 3.63) is 40.9 Å². The summed E-state index contributed by atoms with van der Waals surface area (Å²) in [6.07, 6.45) is 2.77. The number of hydrogen-bond acceptors (Lipinski definition) is 6. The van der Waals surface area contributed by atoms with Crippen LogP contribution in [0.5, 0.6) is 11.5 Å². The topological polar surface area (TPSA) is 97.8 Å². The maximum absolute atomic E-state index is 12.0. The van der Waals surface area contributed by atoms with Gasteiger partial charge in [0, 0.05) is 17.0 Å². The summed E-state index contributed by atoms with van der Waals surface area (Å²) in [5.74, 6) is -0.0915. The molecule has 0 fully saturated rings. The Balaban J connectivity index is 2.05. The molecule has 0 spiro atoms. The lowest BCUT2D eigenvalue weighted by atomic mass is 10.1. The zero-order valence-electron chi connectivity index (χ0n) is 13.1. The number of amides is 1. The van der Waals surface area contributed by atoms with Crippen LogP contribution in [0.1, 0.15) is 11.3 Å². The number of hydrogen-bond donors (Lipinski definition) is 2. The Morgan fingerprint density at radius 1 is 1.33 bits per heavy atom. The number of methoxy groups -OCH3 is 2. The molecule has 2 rings (SSSR count). The van der Waals surface area contributed by atoms with Gasteiger partial charge in [-0.1, -0.05) is 0 Å². The van der Waals surface area contributed by atoms with Gasteiger partial charge in [-0.3, -0.25) is 14.9 Å². The lowest BCUT2D eigenvalue weighted by molar-refractivity contribution is -0.136. The largest absolute Gasteiger partial charge is 0.497 e. The monoisotopic (exact) mass is 348 g/mol. The van der Waals surface area contributed by atoms with E-state index >= 15 is 0 Å². The molecule has 0 saturated carbocycles. The fourth-order valence-corrected chi connectivity index (χ4v) is 2.60. The summed E-state index contributed by atoms with van der Waals surface area (Å²) in [6, 6.07) is 5.25. The summed E-state index contributed by atoms with van der Waals surface area (Å²) in [7, 11) is 3.10. The third kappa shape index (κ3) is 4.82. The van der Waals surface area contributed by atoms with Gasteiger partial charge in [0.05, 0.1) is 26.3 Å². The van der Waals surface area contributed by atoms with Crippen molar-refractivity contribution in [2.75, 3.05) is 19.5 Å². The summed E-state index contributed by atoms with van der Waals surface area (Å²) in [5, 5.41) is 13.2. The Bertz CT molecular complexity index is 770. The van der Waals surface area contributed by atoms with E-state index in [2.05, 4.69) is 10.3 Å². The third-order valence-electron chi connectivity index (χ3n) is 2.97. The first-order chi connectivity index (χ1) is 11.5. The molecule has 8 heteroatoms. The van der Waals surface area contributed by atoms with Gasteiger partial charge in [-0.2, -0.15) is 0 Å². The molecule has 1 heterocycles. The first-order valence-electron chi connectivity index (χ1n) is 6.89. The van der Waals surface area contributed by atoms with E-state index in [0.29, 0.717) is 27.9 Å². The summed E-state index contributed by atoms with van der Waals surface area (Å²) >= 11 is 1.17. The highest BCUT2D eigenvalue weighted by Crippen LogP contribution is 2.25. The molecule has 0 radical (unpaired) electrons. The van der Waals surface area contributed by atoms with Crippen molar-refractivity contribution in [3.8, 4) is 11.5 Å². The second-order valence-electron chi connectivity index (χ2n) is 4.64. The number of anilines is 1. The smallest absolute Gasteiger partial charge is 0.309 e. The second kappa shape index (κ2) is 8.11. The molecule has 2 N–H and O–H groups in total. The molecule has 0 aliphatic carbocycles. The molecule has 2 aromatic rings. The molecule has 0 bridgehead atoms. The molecule has 1 aromatic heterocycles. The SMILES string of the molecule is COc1ccc(OC)c(/C=C/C(=O)Nc2nc(CC(=O)O)cs2)c1. The van der Waals surface area contributed by atoms with E-state index in [1.807, 2.05) is 0 Å². The number of nitrogens with one attached hydrogen (secondary N) is 1. The quantitative estimate of drug-likeness (QED) is 0.746. The first kappa shape index (κ1) is 17.5. The third-order valence-corrected chi connectivity index (χ3v) is 3.77. The fraction of sp³-hybridized carbons (Fsp3) is 0.188. The number of thiazole rings is 1. The Morgan fingerprint density at radius 3 is 2.79 bits per heavy atom. The summed E-state index contributed by atoms with van der Waals surface area (Å²) in [5.41, 5.74) is 1.10. The van der Waals surface area contributed by atoms with Crippen LogP contribution in [0.4, 0.5) is 5.13 Å². The molecule has 0 aliphatic heterocycles. The van der Waals surface area contributed by atoms with Crippen molar-refractivity contribution >= 4 is 34.4 Å². The lowest BCUT2D eigenvalue weighted by Crippen LogP contribution is -2.08. The van der Waals surface area contributed by atoms with Crippen molar-refractivity contribution in [3.63, 3.8) is 0 Å². The van der Waals surface area contributed by atoms with Crippen LogP contribution in [0.15, 0.2) is 29.7 Å². The van der Waals surface area contributed by atoms with Gasteiger partial charge >= 0.3 is 5.97 Å². The number of nitrogens with zero attached hydrogens (tertiary/aromatic N) is 1.